The predicted molar refractivity (Wildman–Crippen MR) is 131 cm³/mol. The van der Waals surface area contributed by atoms with Crippen molar-refractivity contribution in [2.75, 3.05) is 13.7 Å². The Kier molecular flexibility index (Phi) is 5.81. The average Bonchev–Trinajstić information content (AvgIpc) is 3.53. The molecule has 12 heteroatoms. The first-order valence-electron chi connectivity index (χ1n) is 11.5. The van der Waals surface area contributed by atoms with Gasteiger partial charge in [-0.3, -0.25) is 4.68 Å². The number of ether oxygens (including phenoxy) is 1. The minimum absolute atomic E-state index is 0.0137. The molecule has 0 N–H and O–H groups in total. The van der Waals surface area contributed by atoms with Crippen LogP contribution in [0.5, 0.6) is 0 Å². The molecule has 5 aromatic rings. The zero-order valence-electron chi connectivity index (χ0n) is 19.5. The SMILES string of the molecule is COCCn1ncc2cc(-c3nc(-n4ccc(C5CC5)nc4=O)c(-c4cc(F)c(Cl)c(F)c4)o3)ncc21. The number of benzene rings is 1. The summed E-state index contributed by atoms with van der Waals surface area (Å²) in [5, 5.41) is 4.48. The first-order chi connectivity index (χ1) is 17.9. The highest BCUT2D eigenvalue weighted by atomic mass is 35.5. The highest BCUT2D eigenvalue weighted by Gasteiger charge is 2.27. The maximum atomic E-state index is 14.3. The van der Waals surface area contributed by atoms with Gasteiger partial charge in [-0.05, 0) is 37.1 Å². The first-order valence-corrected chi connectivity index (χ1v) is 11.9. The molecule has 0 saturated heterocycles. The maximum Gasteiger partial charge on any atom is 0.353 e. The Balaban J connectivity index is 1.49. The summed E-state index contributed by atoms with van der Waals surface area (Å²) in [5.74, 6) is -1.64. The first kappa shape index (κ1) is 23.4. The highest BCUT2D eigenvalue weighted by molar-refractivity contribution is 6.31. The van der Waals surface area contributed by atoms with Gasteiger partial charge in [-0.1, -0.05) is 11.6 Å². The fourth-order valence-electron chi connectivity index (χ4n) is 4.09. The van der Waals surface area contributed by atoms with Crippen LogP contribution in [0.25, 0.3) is 39.6 Å². The number of hydrogen-bond acceptors (Lipinski definition) is 7. The Bertz CT molecular complexity index is 1690. The van der Waals surface area contributed by atoms with Gasteiger partial charge in [0.2, 0.25) is 5.89 Å². The van der Waals surface area contributed by atoms with E-state index in [1.165, 1.54) is 10.8 Å². The molecule has 37 heavy (non-hydrogen) atoms. The van der Waals surface area contributed by atoms with Crippen LogP contribution in [0.2, 0.25) is 5.02 Å². The molecule has 4 heterocycles. The largest absolute Gasteiger partial charge is 0.432 e. The smallest absolute Gasteiger partial charge is 0.353 e. The highest BCUT2D eigenvalue weighted by Crippen LogP contribution is 2.39. The van der Waals surface area contributed by atoms with Crippen LogP contribution in [0.4, 0.5) is 8.78 Å². The summed E-state index contributed by atoms with van der Waals surface area (Å²) >= 11 is 5.68. The predicted octanol–water partition coefficient (Wildman–Crippen LogP) is 4.75. The number of halogens is 3. The van der Waals surface area contributed by atoms with E-state index in [0.29, 0.717) is 24.5 Å². The molecule has 0 amide bonds. The number of oxazole rings is 1. The number of hydrogen-bond donors (Lipinski definition) is 0. The lowest BCUT2D eigenvalue weighted by Gasteiger charge is -2.06. The number of fused-ring (bicyclic) bond motifs is 1. The number of methoxy groups -OCH3 is 1. The summed E-state index contributed by atoms with van der Waals surface area (Å²) in [4.78, 5) is 26.0. The summed E-state index contributed by atoms with van der Waals surface area (Å²) in [7, 11) is 1.61. The van der Waals surface area contributed by atoms with Crippen molar-refractivity contribution >= 4 is 22.5 Å². The van der Waals surface area contributed by atoms with E-state index >= 15 is 0 Å². The van der Waals surface area contributed by atoms with Gasteiger partial charge in [-0.25, -0.2) is 23.1 Å². The van der Waals surface area contributed by atoms with Crippen molar-refractivity contribution in [2.45, 2.75) is 25.3 Å². The molecule has 0 spiro atoms. The normalized spacial score (nSPS) is 13.5. The standard InChI is InChI=1S/C25H19ClF2N6O3/c1-36-7-6-34-20-12-29-19(10-15(20)11-30-34)24-32-23(33-5-4-18(13-2-3-13)31-25(33)35)22(37-24)14-8-16(27)21(26)17(28)9-14/h4-5,8-13H,2-3,6-7H2,1H3. The van der Waals surface area contributed by atoms with Crippen molar-refractivity contribution in [1.82, 2.24) is 29.3 Å². The van der Waals surface area contributed by atoms with E-state index in [9.17, 15) is 13.6 Å². The van der Waals surface area contributed by atoms with Gasteiger partial charge in [-0.15, -0.1) is 0 Å². The van der Waals surface area contributed by atoms with Gasteiger partial charge >= 0.3 is 5.69 Å². The van der Waals surface area contributed by atoms with Gasteiger partial charge in [0.05, 0.1) is 36.8 Å². The van der Waals surface area contributed by atoms with E-state index in [2.05, 4.69) is 20.1 Å². The minimum atomic E-state index is -0.974. The van der Waals surface area contributed by atoms with Crippen LogP contribution >= 0.6 is 11.6 Å². The molecule has 1 aromatic carbocycles. The molecule has 0 radical (unpaired) electrons. The second-order valence-electron chi connectivity index (χ2n) is 8.69. The van der Waals surface area contributed by atoms with Gasteiger partial charge in [-0.2, -0.15) is 15.1 Å². The molecule has 9 nitrogen and oxygen atoms in total. The second kappa shape index (κ2) is 9.16. The molecule has 6 rings (SSSR count). The molecule has 1 aliphatic rings. The average molecular weight is 525 g/mol. The Hall–Kier alpha value is -3.96. The molecule has 1 aliphatic carbocycles. The molecule has 0 unspecified atom stereocenters. The molecular formula is C25H19ClF2N6O3. The quantitative estimate of drug-likeness (QED) is 0.283. The lowest BCUT2D eigenvalue weighted by molar-refractivity contribution is 0.185. The van der Waals surface area contributed by atoms with Crippen molar-refractivity contribution < 1.29 is 17.9 Å². The number of aromatic nitrogens is 6. The van der Waals surface area contributed by atoms with Gasteiger partial charge < -0.3 is 9.15 Å². The van der Waals surface area contributed by atoms with Gasteiger partial charge in [0.1, 0.15) is 22.4 Å². The summed E-state index contributed by atoms with van der Waals surface area (Å²) in [6.45, 7) is 1.04. The van der Waals surface area contributed by atoms with Crippen molar-refractivity contribution in [1.29, 1.82) is 0 Å². The summed E-state index contributed by atoms with van der Waals surface area (Å²) in [5.41, 5.74) is 1.26. The zero-order valence-corrected chi connectivity index (χ0v) is 20.2. The van der Waals surface area contributed by atoms with E-state index in [1.807, 2.05) is 0 Å². The van der Waals surface area contributed by atoms with E-state index in [1.54, 1.807) is 36.3 Å². The molecule has 188 valence electrons. The number of pyridine rings is 1. The lowest BCUT2D eigenvalue weighted by Crippen LogP contribution is -2.22. The van der Waals surface area contributed by atoms with Crippen LogP contribution in [0.15, 0.2) is 52.1 Å². The molecule has 1 fully saturated rings. The van der Waals surface area contributed by atoms with Crippen LogP contribution in [0.1, 0.15) is 24.5 Å². The van der Waals surface area contributed by atoms with E-state index in [0.717, 1.165) is 35.9 Å². The molecule has 0 bridgehead atoms. The van der Waals surface area contributed by atoms with Crippen LogP contribution < -0.4 is 5.69 Å². The van der Waals surface area contributed by atoms with Crippen molar-refractivity contribution in [3.63, 3.8) is 0 Å². The van der Waals surface area contributed by atoms with E-state index < -0.39 is 22.3 Å². The topological polar surface area (TPSA) is 101 Å². The fraction of sp³-hybridized carbons (Fsp3) is 0.240. The lowest BCUT2D eigenvalue weighted by atomic mass is 10.1. The Morgan fingerprint density at radius 1 is 1.16 bits per heavy atom. The van der Waals surface area contributed by atoms with E-state index in [-0.39, 0.29) is 29.0 Å². The maximum absolute atomic E-state index is 14.3. The monoisotopic (exact) mass is 524 g/mol. The summed E-state index contributed by atoms with van der Waals surface area (Å²) in [6, 6.07) is 5.50. The van der Waals surface area contributed by atoms with Crippen LogP contribution in [0.3, 0.4) is 0 Å². The van der Waals surface area contributed by atoms with Crippen molar-refractivity contribution in [3.8, 4) is 28.7 Å². The molecule has 0 aliphatic heterocycles. The molecule has 1 saturated carbocycles. The summed E-state index contributed by atoms with van der Waals surface area (Å²) < 4.78 is 42.7. The Labute approximate surface area is 213 Å². The van der Waals surface area contributed by atoms with Gasteiger partial charge in [0.15, 0.2) is 11.6 Å². The molecular weight excluding hydrogens is 506 g/mol. The third-order valence-corrected chi connectivity index (χ3v) is 6.52. The number of rotatable bonds is 7. The van der Waals surface area contributed by atoms with Gasteiger partial charge in [0.25, 0.3) is 0 Å². The summed E-state index contributed by atoms with van der Waals surface area (Å²) in [6.07, 6.45) is 6.80. The Morgan fingerprint density at radius 2 is 1.95 bits per heavy atom. The van der Waals surface area contributed by atoms with Gasteiger partial charge in [0, 0.05) is 30.2 Å². The van der Waals surface area contributed by atoms with Crippen molar-refractivity contribution in [2.24, 2.45) is 0 Å². The fourth-order valence-corrected chi connectivity index (χ4v) is 4.20. The van der Waals surface area contributed by atoms with Crippen LogP contribution in [-0.4, -0.2) is 43.0 Å². The van der Waals surface area contributed by atoms with E-state index in [4.69, 9.17) is 20.8 Å². The molecule has 0 atom stereocenters. The number of nitrogens with zero attached hydrogens (tertiary/aromatic N) is 6. The van der Waals surface area contributed by atoms with Crippen LogP contribution in [0, 0.1) is 11.6 Å². The third-order valence-electron chi connectivity index (χ3n) is 6.16. The third kappa shape index (κ3) is 4.30. The Morgan fingerprint density at radius 3 is 2.65 bits per heavy atom. The second-order valence-corrected chi connectivity index (χ2v) is 9.07. The molecule has 4 aromatic heterocycles. The van der Waals surface area contributed by atoms with Crippen molar-refractivity contribution in [3.05, 3.63) is 75.7 Å². The minimum Gasteiger partial charge on any atom is -0.432 e. The van der Waals surface area contributed by atoms with Crippen LogP contribution in [-0.2, 0) is 11.3 Å². The zero-order chi connectivity index (χ0) is 25.7.